The second-order valence-electron chi connectivity index (χ2n) is 4.15. The van der Waals surface area contributed by atoms with Crippen LogP contribution in [-0.2, 0) is 10.0 Å². The molecule has 0 aliphatic heterocycles. The van der Waals surface area contributed by atoms with Crippen LogP contribution >= 0.6 is 23.2 Å². The summed E-state index contributed by atoms with van der Waals surface area (Å²) in [6.07, 6.45) is 1.47. The van der Waals surface area contributed by atoms with E-state index in [1.807, 2.05) is 6.07 Å². The lowest BCUT2D eigenvalue weighted by Gasteiger charge is -2.12. The number of aromatic nitrogens is 1. The Hall–Kier alpha value is -1.81. The molecule has 2 rings (SSSR count). The number of nitrogens with one attached hydrogen (secondary N) is 1. The predicted molar refractivity (Wildman–Crippen MR) is 81.0 cm³/mol. The number of rotatable bonds is 3. The van der Waals surface area contributed by atoms with Crippen molar-refractivity contribution in [2.75, 3.05) is 4.72 Å². The van der Waals surface area contributed by atoms with Gasteiger partial charge in [0.25, 0.3) is 10.0 Å². The van der Waals surface area contributed by atoms with Crippen molar-refractivity contribution in [2.45, 2.75) is 11.8 Å². The van der Waals surface area contributed by atoms with Crippen molar-refractivity contribution < 1.29 is 8.42 Å². The first-order chi connectivity index (χ1) is 9.85. The quantitative estimate of drug-likeness (QED) is 0.867. The van der Waals surface area contributed by atoms with Gasteiger partial charge in [0, 0.05) is 11.2 Å². The number of hydrogen-bond donors (Lipinski definition) is 1. The lowest BCUT2D eigenvalue weighted by atomic mass is 10.2. The van der Waals surface area contributed by atoms with Gasteiger partial charge in [-0.25, -0.2) is 13.4 Å². The number of nitriles is 1. The summed E-state index contributed by atoms with van der Waals surface area (Å²) < 4.78 is 27.2. The predicted octanol–water partition coefficient (Wildman–Crippen LogP) is 3.37. The molecule has 21 heavy (non-hydrogen) atoms. The largest absolute Gasteiger partial charge is 0.276 e. The Morgan fingerprint density at radius 1 is 1.29 bits per heavy atom. The first kappa shape index (κ1) is 15.6. The molecule has 108 valence electrons. The number of hydrogen-bond acceptors (Lipinski definition) is 4. The highest BCUT2D eigenvalue weighted by Crippen LogP contribution is 2.28. The van der Waals surface area contributed by atoms with E-state index in [9.17, 15) is 8.42 Å². The summed E-state index contributed by atoms with van der Waals surface area (Å²) in [5.41, 5.74) is 0.770. The Balaban J connectivity index is 2.54. The summed E-state index contributed by atoms with van der Waals surface area (Å²) in [6, 6.07) is 7.43. The topological polar surface area (TPSA) is 82.8 Å². The Morgan fingerprint density at radius 2 is 2.00 bits per heavy atom. The van der Waals surface area contributed by atoms with Crippen LogP contribution in [0.15, 0.2) is 35.4 Å². The van der Waals surface area contributed by atoms with E-state index in [1.165, 1.54) is 24.4 Å². The van der Waals surface area contributed by atoms with Gasteiger partial charge in [0.05, 0.1) is 11.3 Å². The normalized spacial score (nSPS) is 11.0. The third kappa shape index (κ3) is 3.27. The molecule has 0 saturated heterocycles. The zero-order valence-corrected chi connectivity index (χ0v) is 13.1. The number of anilines is 1. The van der Waals surface area contributed by atoms with E-state index >= 15 is 0 Å². The van der Waals surface area contributed by atoms with Gasteiger partial charge in [0.2, 0.25) is 0 Å². The van der Waals surface area contributed by atoms with E-state index in [0.717, 1.165) is 0 Å². The van der Waals surface area contributed by atoms with Crippen LogP contribution in [0.2, 0.25) is 10.2 Å². The molecule has 0 fully saturated rings. The summed E-state index contributed by atoms with van der Waals surface area (Å²) in [5, 5.41) is 9.26. The molecular formula is C13H9Cl2N3O2S. The van der Waals surface area contributed by atoms with Crippen LogP contribution < -0.4 is 4.72 Å². The standard InChI is InChI=1S/C13H9Cl2N3O2S/c1-8-4-5-17-13(15)12(8)18-21(19,20)11-6-10(14)3-2-9(11)7-16/h2-6,18H,1H3. The van der Waals surface area contributed by atoms with Gasteiger partial charge in [0.1, 0.15) is 11.0 Å². The van der Waals surface area contributed by atoms with E-state index in [2.05, 4.69) is 9.71 Å². The monoisotopic (exact) mass is 341 g/mol. The molecule has 0 bridgehead atoms. The van der Waals surface area contributed by atoms with E-state index in [4.69, 9.17) is 28.5 Å². The highest BCUT2D eigenvalue weighted by molar-refractivity contribution is 7.92. The van der Waals surface area contributed by atoms with Crippen LogP contribution in [0.4, 0.5) is 5.69 Å². The van der Waals surface area contributed by atoms with Crippen LogP contribution in [0.5, 0.6) is 0 Å². The van der Waals surface area contributed by atoms with Crippen LogP contribution in [0.3, 0.4) is 0 Å². The van der Waals surface area contributed by atoms with Crippen molar-refractivity contribution in [2.24, 2.45) is 0 Å². The Morgan fingerprint density at radius 3 is 2.62 bits per heavy atom. The molecule has 1 N–H and O–H groups in total. The van der Waals surface area contributed by atoms with Crippen LogP contribution in [0, 0.1) is 18.3 Å². The highest BCUT2D eigenvalue weighted by Gasteiger charge is 2.21. The van der Waals surface area contributed by atoms with Gasteiger partial charge >= 0.3 is 0 Å². The lowest BCUT2D eigenvalue weighted by molar-refractivity contribution is 0.601. The fourth-order valence-electron chi connectivity index (χ4n) is 1.65. The Bertz CT molecular complexity index is 825. The molecule has 2 aromatic rings. The summed E-state index contributed by atoms with van der Waals surface area (Å²) in [6.45, 7) is 1.69. The van der Waals surface area contributed by atoms with Gasteiger partial charge in [-0.05, 0) is 36.8 Å². The SMILES string of the molecule is Cc1ccnc(Cl)c1NS(=O)(=O)c1cc(Cl)ccc1C#N. The minimum absolute atomic E-state index is 0.00966. The highest BCUT2D eigenvalue weighted by atomic mass is 35.5. The van der Waals surface area contributed by atoms with Gasteiger partial charge in [-0.1, -0.05) is 23.2 Å². The second kappa shape index (κ2) is 5.90. The average molecular weight is 342 g/mol. The van der Waals surface area contributed by atoms with Gasteiger partial charge in [-0.2, -0.15) is 5.26 Å². The smallest absolute Gasteiger partial charge is 0.263 e. The zero-order chi connectivity index (χ0) is 15.6. The molecule has 0 aliphatic carbocycles. The van der Waals surface area contributed by atoms with E-state index in [-0.39, 0.29) is 26.3 Å². The summed E-state index contributed by atoms with van der Waals surface area (Å²) in [7, 11) is -4.00. The fraction of sp³-hybridized carbons (Fsp3) is 0.0769. The maximum Gasteiger partial charge on any atom is 0.263 e. The van der Waals surface area contributed by atoms with E-state index < -0.39 is 10.0 Å². The van der Waals surface area contributed by atoms with E-state index in [0.29, 0.717) is 5.56 Å². The van der Waals surface area contributed by atoms with Crippen molar-refractivity contribution in [3.05, 3.63) is 51.8 Å². The number of aryl methyl sites for hydroxylation is 1. The lowest BCUT2D eigenvalue weighted by Crippen LogP contribution is -2.15. The van der Waals surface area contributed by atoms with Crippen molar-refractivity contribution in [1.82, 2.24) is 4.98 Å². The molecule has 5 nitrogen and oxygen atoms in total. The molecule has 1 aromatic heterocycles. The van der Waals surface area contributed by atoms with Crippen LogP contribution in [0.1, 0.15) is 11.1 Å². The van der Waals surface area contributed by atoms with Crippen LogP contribution in [-0.4, -0.2) is 13.4 Å². The van der Waals surface area contributed by atoms with Gasteiger partial charge in [-0.3, -0.25) is 4.72 Å². The van der Waals surface area contributed by atoms with Crippen molar-refractivity contribution >= 4 is 38.9 Å². The first-order valence-electron chi connectivity index (χ1n) is 5.69. The average Bonchev–Trinajstić information content (AvgIpc) is 2.43. The third-order valence-electron chi connectivity index (χ3n) is 2.70. The second-order valence-corrected chi connectivity index (χ2v) is 6.60. The molecule has 1 heterocycles. The number of sulfonamides is 1. The number of pyridine rings is 1. The number of benzene rings is 1. The molecule has 0 aliphatic rings. The maximum absolute atomic E-state index is 12.4. The number of nitrogens with zero attached hydrogens (tertiary/aromatic N) is 2. The van der Waals surface area contributed by atoms with E-state index in [1.54, 1.807) is 13.0 Å². The summed E-state index contributed by atoms with van der Waals surface area (Å²) in [5.74, 6) is 0. The minimum atomic E-state index is -4.00. The van der Waals surface area contributed by atoms with Gasteiger partial charge in [0.15, 0.2) is 5.15 Å². The molecule has 0 spiro atoms. The molecule has 0 radical (unpaired) electrons. The zero-order valence-electron chi connectivity index (χ0n) is 10.8. The Labute approximate surface area is 132 Å². The maximum atomic E-state index is 12.4. The molecule has 8 heteroatoms. The molecular weight excluding hydrogens is 333 g/mol. The Kier molecular flexibility index (Phi) is 4.37. The third-order valence-corrected chi connectivity index (χ3v) is 4.61. The molecule has 0 amide bonds. The van der Waals surface area contributed by atoms with Crippen molar-refractivity contribution in [3.8, 4) is 6.07 Å². The summed E-state index contributed by atoms with van der Waals surface area (Å²) >= 11 is 11.7. The minimum Gasteiger partial charge on any atom is -0.276 e. The first-order valence-corrected chi connectivity index (χ1v) is 7.92. The number of halogens is 2. The molecule has 1 aromatic carbocycles. The van der Waals surface area contributed by atoms with Gasteiger partial charge < -0.3 is 0 Å². The van der Waals surface area contributed by atoms with Gasteiger partial charge in [-0.15, -0.1) is 0 Å². The molecule has 0 atom stereocenters. The summed E-state index contributed by atoms with van der Waals surface area (Å²) in [4.78, 5) is 3.61. The van der Waals surface area contributed by atoms with Crippen molar-refractivity contribution in [1.29, 1.82) is 5.26 Å². The molecule has 0 saturated carbocycles. The fourth-order valence-corrected chi connectivity index (χ4v) is 3.52. The van der Waals surface area contributed by atoms with Crippen LogP contribution in [0.25, 0.3) is 0 Å². The molecule has 0 unspecified atom stereocenters. The van der Waals surface area contributed by atoms with Crippen molar-refractivity contribution in [3.63, 3.8) is 0 Å².